The minimum Gasteiger partial charge on any atom is -0.264 e. The lowest BCUT2D eigenvalue weighted by Gasteiger charge is -2.23. The van der Waals surface area contributed by atoms with Gasteiger partial charge in [-0.05, 0) is 68.9 Å². The molecule has 1 heterocycles. The highest BCUT2D eigenvalue weighted by molar-refractivity contribution is 7.89. The van der Waals surface area contributed by atoms with Crippen molar-refractivity contribution >= 4 is 10.0 Å². The van der Waals surface area contributed by atoms with Crippen LogP contribution in [0.25, 0.3) is 0 Å². The number of unbranched alkanes of at least 4 members (excludes halogenated alkanes) is 7. The Hall–Kier alpha value is -2.76. The second-order valence-corrected chi connectivity index (χ2v) is 11.9. The van der Waals surface area contributed by atoms with Crippen LogP contribution in [-0.2, 0) is 23.0 Å². The fourth-order valence-corrected chi connectivity index (χ4v) is 5.94. The molecule has 0 N–H and O–H groups in total. The van der Waals surface area contributed by atoms with E-state index in [-0.39, 0.29) is 0 Å². The van der Waals surface area contributed by atoms with E-state index in [9.17, 15) is 8.42 Å². The molecule has 4 nitrogen and oxygen atoms in total. The van der Waals surface area contributed by atoms with Gasteiger partial charge in [-0.25, -0.2) is 8.42 Å². The van der Waals surface area contributed by atoms with E-state index in [1.165, 1.54) is 44.1 Å². The zero-order chi connectivity index (χ0) is 26.3. The maximum Gasteiger partial charge on any atom is 0.243 e. The maximum atomic E-state index is 13.5. The van der Waals surface area contributed by atoms with Crippen molar-refractivity contribution in [2.75, 3.05) is 6.54 Å². The van der Waals surface area contributed by atoms with Gasteiger partial charge >= 0.3 is 0 Å². The molecule has 0 saturated carbocycles. The largest absolute Gasteiger partial charge is 0.264 e. The summed E-state index contributed by atoms with van der Waals surface area (Å²) in [5.41, 5.74) is 4.47. The standard InChI is InChI=1S/C32H42N2O2S/c1-28-20-22-32(23-21-28)37(35,36)34(27-31-17-12-9-13-18-31)26-29(2)15-10-7-5-3-4-6-8-11-16-30-19-14-24-33-25-30/h9,12-15,17-25H,3-8,10-11,16,26-27H2,1-2H3/b29-15+. The van der Waals surface area contributed by atoms with Gasteiger partial charge in [-0.1, -0.05) is 97.8 Å². The zero-order valence-corrected chi connectivity index (χ0v) is 23.3. The number of sulfonamides is 1. The highest BCUT2D eigenvalue weighted by Crippen LogP contribution is 2.21. The SMILES string of the molecule is C/C(=C\CCCCCCCCCc1cccnc1)CN(Cc1ccccc1)S(=O)(=O)c1ccc(C)cc1. The number of aryl methyl sites for hydroxylation is 2. The summed E-state index contributed by atoms with van der Waals surface area (Å²) in [6.45, 7) is 4.78. The van der Waals surface area contributed by atoms with E-state index in [0.29, 0.717) is 18.0 Å². The smallest absolute Gasteiger partial charge is 0.243 e. The van der Waals surface area contributed by atoms with Gasteiger partial charge in [0.25, 0.3) is 0 Å². The average Bonchev–Trinajstić information content (AvgIpc) is 2.91. The van der Waals surface area contributed by atoms with Gasteiger partial charge in [0.15, 0.2) is 0 Å². The summed E-state index contributed by atoms with van der Waals surface area (Å²) in [5.74, 6) is 0. The second-order valence-electron chi connectivity index (χ2n) is 10.00. The molecule has 2 aromatic carbocycles. The van der Waals surface area contributed by atoms with Crippen molar-refractivity contribution in [2.24, 2.45) is 0 Å². The molecule has 3 rings (SSSR count). The lowest BCUT2D eigenvalue weighted by atomic mass is 10.0. The summed E-state index contributed by atoms with van der Waals surface area (Å²) in [6, 6.07) is 21.1. The molecule has 37 heavy (non-hydrogen) atoms. The minimum absolute atomic E-state index is 0.349. The van der Waals surface area contributed by atoms with Gasteiger partial charge in [0, 0.05) is 25.5 Å². The van der Waals surface area contributed by atoms with Crippen molar-refractivity contribution in [1.82, 2.24) is 9.29 Å². The van der Waals surface area contributed by atoms with Crippen molar-refractivity contribution in [2.45, 2.75) is 83.1 Å². The van der Waals surface area contributed by atoms with Crippen LogP contribution in [-0.4, -0.2) is 24.3 Å². The van der Waals surface area contributed by atoms with E-state index >= 15 is 0 Å². The maximum absolute atomic E-state index is 13.5. The lowest BCUT2D eigenvalue weighted by Crippen LogP contribution is -2.32. The average molecular weight is 519 g/mol. The van der Waals surface area contributed by atoms with Gasteiger partial charge in [-0.15, -0.1) is 0 Å². The lowest BCUT2D eigenvalue weighted by molar-refractivity contribution is 0.430. The summed E-state index contributed by atoms with van der Waals surface area (Å²) in [7, 11) is -3.59. The number of pyridine rings is 1. The first-order valence-corrected chi connectivity index (χ1v) is 15.0. The molecule has 5 heteroatoms. The molecule has 0 saturated heterocycles. The number of hydrogen-bond acceptors (Lipinski definition) is 3. The molecule has 0 unspecified atom stereocenters. The summed E-state index contributed by atoms with van der Waals surface area (Å²) < 4.78 is 28.6. The molecular weight excluding hydrogens is 476 g/mol. The summed E-state index contributed by atoms with van der Waals surface area (Å²) >= 11 is 0. The van der Waals surface area contributed by atoms with E-state index < -0.39 is 10.0 Å². The third kappa shape index (κ3) is 10.3. The molecule has 0 spiro atoms. The Kier molecular flexibility index (Phi) is 12.1. The van der Waals surface area contributed by atoms with Crippen molar-refractivity contribution in [1.29, 1.82) is 0 Å². The topological polar surface area (TPSA) is 50.3 Å². The predicted molar refractivity (Wildman–Crippen MR) is 154 cm³/mol. The first-order chi connectivity index (χ1) is 17.9. The van der Waals surface area contributed by atoms with Crippen molar-refractivity contribution in [3.63, 3.8) is 0 Å². The van der Waals surface area contributed by atoms with Crippen molar-refractivity contribution in [3.8, 4) is 0 Å². The Morgan fingerprint density at radius 3 is 2.14 bits per heavy atom. The summed E-state index contributed by atoms with van der Waals surface area (Å²) in [6.07, 6.45) is 16.9. The normalized spacial score (nSPS) is 12.2. The predicted octanol–water partition coefficient (Wildman–Crippen LogP) is 7.89. The third-order valence-electron chi connectivity index (χ3n) is 6.67. The molecule has 0 bridgehead atoms. The van der Waals surface area contributed by atoms with Crippen LogP contribution in [0.2, 0.25) is 0 Å². The Balaban J connectivity index is 1.42. The number of nitrogens with zero attached hydrogens (tertiary/aromatic N) is 2. The molecule has 0 fully saturated rings. The van der Waals surface area contributed by atoms with Crippen LogP contribution in [0, 0.1) is 6.92 Å². The highest BCUT2D eigenvalue weighted by Gasteiger charge is 2.24. The molecule has 0 radical (unpaired) electrons. The molecule has 3 aromatic rings. The molecule has 198 valence electrons. The van der Waals surface area contributed by atoms with E-state index in [0.717, 1.165) is 36.0 Å². The Labute approximate surface area is 224 Å². The van der Waals surface area contributed by atoms with E-state index in [1.807, 2.05) is 74.8 Å². The molecular formula is C32H42N2O2S. The molecule has 1 aromatic heterocycles. The number of allylic oxidation sites excluding steroid dienone is 1. The first kappa shape index (κ1) is 28.8. The van der Waals surface area contributed by atoms with E-state index in [4.69, 9.17) is 0 Å². The van der Waals surface area contributed by atoms with Crippen LogP contribution < -0.4 is 0 Å². The third-order valence-corrected chi connectivity index (χ3v) is 8.48. The van der Waals surface area contributed by atoms with Crippen LogP contribution >= 0.6 is 0 Å². The number of hydrogen-bond donors (Lipinski definition) is 0. The van der Waals surface area contributed by atoms with Crippen LogP contribution in [0.15, 0.2) is 95.7 Å². The molecule has 0 amide bonds. The molecule has 0 aliphatic rings. The molecule has 0 aliphatic heterocycles. The van der Waals surface area contributed by atoms with E-state index in [2.05, 4.69) is 17.1 Å². The van der Waals surface area contributed by atoms with Crippen LogP contribution in [0.5, 0.6) is 0 Å². The van der Waals surface area contributed by atoms with Gasteiger partial charge in [-0.3, -0.25) is 4.98 Å². The Bertz CT molecular complexity index is 1170. The van der Waals surface area contributed by atoms with Crippen LogP contribution in [0.1, 0.15) is 75.0 Å². The van der Waals surface area contributed by atoms with Gasteiger partial charge in [0.05, 0.1) is 4.90 Å². The first-order valence-electron chi connectivity index (χ1n) is 13.6. The van der Waals surface area contributed by atoms with Gasteiger partial charge in [0.2, 0.25) is 10.0 Å². The van der Waals surface area contributed by atoms with Crippen molar-refractivity contribution < 1.29 is 8.42 Å². The molecule has 0 atom stereocenters. The van der Waals surface area contributed by atoms with E-state index in [1.54, 1.807) is 16.4 Å². The highest BCUT2D eigenvalue weighted by atomic mass is 32.2. The van der Waals surface area contributed by atoms with Gasteiger partial charge in [0.1, 0.15) is 0 Å². The number of benzene rings is 2. The summed E-state index contributed by atoms with van der Waals surface area (Å²) in [5, 5.41) is 0. The Morgan fingerprint density at radius 1 is 0.811 bits per heavy atom. The van der Waals surface area contributed by atoms with Gasteiger partial charge in [-0.2, -0.15) is 4.31 Å². The number of rotatable bonds is 16. The monoisotopic (exact) mass is 518 g/mol. The summed E-state index contributed by atoms with van der Waals surface area (Å²) in [4.78, 5) is 4.53. The quantitative estimate of drug-likeness (QED) is 0.143. The molecule has 0 aliphatic carbocycles. The second kappa shape index (κ2) is 15.5. The van der Waals surface area contributed by atoms with Crippen molar-refractivity contribution in [3.05, 3.63) is 107 Å². The zero-order valence-electron chi connectivity index (χ0n) is 22.5. The number of aromatic nitrogens is 1. The fourth-order valence-electron chi connectivity index (χ4n) is 4.47. The van der Waals surface area contributed by atoms with Gasteiger partial charge < -0.3 is 0 Å². The van der Waals surface area contributed by atoms with Crippen LogP contribution in [0.3, 0.4) is 0 Å². The minimum atomic E-state index is -3.59. The fraction of sp³-hybridized carbons (Fsp3) is 0.406. The van der Waals surface area contributed by atoms with Crippen LogP contribution in [0.4, 0.5) is 0 Å². The Morgan fingerprint density at radius 2 is 1.46 bits per heavy atom.